The molecule has 1 N–H and O–H groups in total. The second kappa shape index (κ2) is 7.95. The van der Waals surface area contributed by atoms with Crippen LogP contribution in [0.15, 0.2) is 83.0 Å². The van der Waals surface area contributed by atoms with Crippen molar-refractivity contribution in [1.29, 1.82) is 0 Å². The van der Waals surface area contributed by atoms with Gasteiger partial charge in [0.1, 0.15) is 0 Å². The number of phenols is 1. The summed E-state index contributed by atoms with van der Waals surface area (Å²) in [5.41, 5.74) is 2.09. The van der Waals surface area contributed by atoms with E-state index in [9.17, 15) is 28.7 Å². The number of halogens is 1. The van der Waals surface area contributed by atoms with Gasteiger partial charge in [-0.1, -0.05) is 42.0 Å². The quantitative estimate of drug-likeness (QED) is 0.393. The summed E-state index contributed by atoms with van der Waals surface area (Å²) in [6, 6.07) is 12.8. The first-order valence-corrected chi connectivity index (χ1v) is 11.9. The highest BCUT2D eigenvalue weighted by molar-refractivity contribution is 6.25. The van der Waals surface area contributed by atoms with Gasteiger partial charge in [0, 0.05) is 28.2 Å². The highest BCUT2D eigenvalue weighted by Crippen LogP contribution is 2.56. The summed E-state index contributed by atoms with van der Waals surface area (Å²) in [7, 11) is 0. The fraction of sp³-hybridized carbons (Fsp3) is 0.241. The van der Waals surface area contributed by atoms with Gasteiger partial charge < -0.3 is 5.11 Å². The van der Waals surface area contributed by atoms with E-state index in [1.54, 1.807) is 37.3 Å². The molecule has 2 aromatic rings. The number of phenolic OH excluding ortho intramolecular Hbond substituents is 1. The van der Waals surface area contributed by atoms with E-state index in [1.165, 1.54) is 23.1 Å². The van der Waals surface area contributed by atoms with Crippen molar-refractivity contribution in [3.8, 4) is 5.75 Å². The number of aromatic hydroxyl groups is 1. The molecule has 4 unspecified atom stereocenters. The number of hydrogen-bond acceptors (Lipinski definition) is 5. The molecule has 36 heavy (non-hydrogen) atoms. The predicted octanol–water partition coefficient (Wildman–Crippen LogP) is 4.17. The Morgan fingerprint density at radius 1 is 0.944 bits per heavy atom. The number of ketones is 2. The molecule has 0 aromatic heterocycles. The number of hydrogen-bond donors (Lipinski definition) is 1. The van der Waals surface area contributed by atoms with Crippen LogP contribution in [0.25, 0.3) is 0 Å². The van der Waals surface area contributed by atoms with E-state index >= 15 is 0 Å². The lowest BCUT2D eigenvalue weighted by Gasteiger charge is -2.42. The molecule has 3 aliphatic carbocycles. The monoisotopic (exact) mass is 483 g/mol. The van der Waals surface area contributed by atoms with Crippen LogP contribution < -0.4 is 4.90 Å². The molecular formula is C29H22FNO5. The zero-order chi connectivity index (χ0) is 25.3. The number of allylic oxidation sites excluding steroid dienone is 6. The van der Waals surface area contributed by atoms with E-state index in [0.29, 0.717) is 11.3 Å². The van der Waals surface area contributed by atoms with Crippen LogP contribution in [0.4, 0.5) is 10.1 Å². The number of benzene rings is 2. The average Bonchev–Trinajstić information content (AvgIpc) is 3.13. The molecule has 4 atom stereocenters. The van der Waals surface area contributed by atoms with Crippen LogP contribution in [0.3, 0.4) is 0 Å². The van der Waals surface area contributed by atoms with E-state index in [-0.39, 0.29) is 58.5 Å². The Bertz CT molecular complexity index is 1470. The lowest BCUT2D eigenvalue weighted by molar-refractivity contribution is -0.123. The Labute approximate surface area is 206 Å². The van der Waals surface area contributed by atoms with Crippen LogP contribution >= 0.6 is 0 Å². The molecule has 2 aromatic carbocycles. The van der Waals surface area contributed by atoms with Crippen LogP contribution in [-0.4, -0.2) is 28.5 Å². The number of para-hydroxylation sites is 2. The predicted molar refractivity (Wildman–Crippen MR) is 128 cm³/mol. The van der Waals surface area contributed by atoms with Crippen LogP contribution in [0.5, 0.6) is 5.75 Å². The van der Waals surface area contributed by atoms with Gasteiger partial charge in [-0.25, -0.2) is 4.39 Å². The third-order valence-electron chi connectivity index (χ3n) is 7.91. The molecule has 2 amide bonds. The minimum absolute atomic E-state index is 0.130. The maximum Gasteiger partial charge on any atom is 0.238 e. The normalized spacial score (nSPS) is 27.4. The van der Waals surface area contributed by atoms with Crippen molar-refractivity contribution >= 4 is 29.1 Å². The molecule has 1 fully saturated rings. The fourth-order valence-corrected chi connectivity index (χ4v) is 6.31. The van der Waals surface area contributed by atoms with Gasteiger partial charge in [0.05, 0.1) is 17.5 Å². The molecule has 1 saturated heterocycles. The van der Waals surface area contributed by atoms with Gasteiger partial charge in [-0.2, -0.15) is 0 Å². The molecule has 0 saturated carbocycles. The van der Waals surface area contributed by atoms with Crippen LogP contribution in [0.2, 0.25) is 0 Å². The lowest BCUT2D eigenvalue weighted by atomic mass is 9.59. The SMILES string of the molecule is CC1=CC(=O)C2=C(C1=O)C(c1cccc(F)c1O)C1=CCC3C(=O)N(c4ccccc4)C(=O)C3C1C2. The van der Waals surface area contributed by atoms with Crippen molar-refractivity contribution < 1.29 is 28.7 Å². The maximum atomic E-state index is 14.4. The first-order chi connectivity index (χ1) is 17.3. The summed E-state index contributed by atoms with van der Waals surface area (Å²) < 4.78 is 14.4. The molecule has 1 heterocycles. The van der Waals surface area contributed by atoms with Crippen LogP contribution in [0.1, 0.15) is 31.2 Å². The number of carbonyl (C=O) groups is 4. The Morgan fingerprint density at radius 2 is 1.69 bits per heavy atom. The number of imide groups is 1. The van der Waals surface area contributed by atoms with Crippen molar-refractivity contribution in [3.05, 3.63) is 94.4 Å². The minimum Gasteiger partial charge on any atom is -0.505 e. The van der Waals surface area contributed by atoms with E-state index in [4.69, 9.17) is 0 Å². The fourth-order valence-electron chi connectivity index (χ4n) is 6.31. The van der Waals surface area contributed by atoms with Crippen LogP contribution in [-0.2, 0) is 19.2 Å². The maximum absolute atomic E-state index is 14.4. The van der Waals surface area contributed by atoms with E-state index < -0.39 is 35.2 Å². The number of fused-ring (bicyclic) bond motifs is 3. The Kier molecular flexibility index (Phi) is 4.93. The molecule has 0 spiro atoms. The smallest absolute Gasteiger partial charge is 0.238 e. The third-order valence-corrected chi connectivity index (χ3v) is 7.91. The zero-order valence-electron chi connectivity index (χ0n) is 19.4. The van der Waals surface area contributed by atoms with Crippen LogP contribution in [0, 0.1) is 23.6 Å². The van der Waals surface area contributed by atoms with Gasteiger partial charge in [0.2, 0.25) is 11.8 Å². The summed E-state index contributed by atoms with van der Waals surface area (Å²) in [5, 5.41) is 10.7. The first kappa shape index (κ1) is 22.3. The van der Waals surface area contributed by atoms with E-state index in [1.807, 2.05) is 6.08 Å². The first-order valence-electron chi connectivity index (χ1n) is 11.9. The van der Waals surface area contributed by atoms with Gasteiger partial charge in [-0.05, 0) is 50.0 Å². The topological polar surface area (TPSA) is 91.8 Å². The van der Waals surface area contributed by atoms with Crippen molar-refractivity contribution in [3.63, 3.8) is 0 Å². The average molecular weight is 483 g/mol. The number of anilines is 1. The minimum atomic E-state index is -0.885. The molecule has 6 rings (SSSR count). The van der Waals surface area contributed by atoms with Crippen molar-refractivity contribution in [1.82, 2.24) is 0 Å². The zero-order valence-corrected chi connectivity index (χ0v) is 19.4. The van der Waals surface area contributed by atoms with Crippen molar-refractivity contribution in [2.24, 2.45) is 17.8 Å². The van der Waals surface area contributed by atoms with E-state index in [0.717, 1.165) is 6.07 Å². The standard InChI is InChI=1S/C29H22FNO5/c1-14-12-22(32)20-13-19-16(23(25(20)26(14)33)17-8-5-9-21(30)27(17)34)10-11-18-24(19)29(36)31(28(18)35)15-6-3-2-4-7-15/h2-10,12,18-19,23-24,34H,11,13H2,1H3. The summed E-state index contributed by atoms with van der Waals surface area (Å²) in [6.07, 6.45) is 3.54. The Morgan fingerprint density at radius 3 is 2.44 bits per heavy atom. The van der Waals surface area contributed by atoms with Gasteiger partial charge in [0.25, 0.3) is 0 Å². The third kappa shape index (κ3) is 3.02. The number of amides is 2. The Balaban J connectivity index is 1.52. The molecule has 180 valence electrons. The molecule has 6 nitrogen and oxygen atoms in total. The highest BCUT2D eigenvalue weighted by atomic mass is 19.1. The largest absolute Gasteiger partial charge is 0.505 e. The van der Waals surface area contributed by atoms with Crippen molar-refractivity contribution in [2.45, 2.75) is 25.7 Å². The molecule has 7 heteroatoms. The molecule has 0 bridgehead atoms. The lowest BCUT2D eigenvalue weighted by Crippen LogP contribution is -2.39. The van der Waals surface area contributed by atoms with Gasteiger partial charge >= 0.3 is 0 Å². The summed E-state index contributed by atoms with van der Waals surface area (Å²) in [5.74, 6) is -5.48. The number of rotatable bonds is 2. The van der Waals surface area contributed by atoms with Gasteiger partial charge in [0.15, 0.2) is 23.1 Å². The van der Waals surface area contributed by atoms with Crippen molar-refractivity contribution in [2.75, 3.05) is 4.90 Å². The molecular weight excluding hydrogens is 461 g/mol. The van der Waals surface area contributed by atoms with Gasteiger partial charge in [-0.3, -0.25) is 24.1 Å². The summed E-state index contributed by atoms with van der Waals surface area (Å²) >= 11 is 0. The number of Topliss-reactive ketones (excluding diaryl/α,β-unsaturated/α-hetero) is 1. The Hall–Kier alpha value is -4.13. The number of carbonyl (C=O) groups excluding carboxylic acids is 4. The number of nitrogens with zero attached hydrogens (tertiary/aromatic N) is 1. The summed E-state index contributed by atoms with van der Waals surface area (Å²) in [4.78, 5) is 54.7. The molecule has 0 radical (unpaired) electrons. The summed E-state index contributed by atoms with van der Waals surface area (Å²) in [6.45, 7) is 1.56. The molecule has 1 aliphatic heterocycles. The van der Waals surface area contributed by atoms with Gasteiger partial charge in [-0.15, -0.1) is 0 Å². The molecule has 4 aliphatic rings. The highest BCUT2D eigenvalue weighted by Gasteiger charge is 2.56. The second-order valence-electron chi connectivity index (χ2n) is 9.75. The second-order valence-corrected chi connectivity index (χ2v) is 9.75. The van der Waals surface area contributed by atoms with E-state index in [2.05, 4.69) is 0 Å².